The second kappa shape index (κ2) is 9.15. The second-order valence-corrected chi connectivity index (χ2v) is 6.19. The Bertz CT molecular complexity index is 217. The zero-order chi connectivity index (χ0) is 12.5. The third-order valence-electron chi connectivity index (χ3n) is 3.24. The summed E-state index contributed by atoms with van der Waals surface area (Å²) in [7, 11) is 0. The van der Waals surface area contributed by atoms with Gasteiger partial charge in [-0.2, -0.15) is 24.4 Å². The Morgan fingerprint density at radius 2 is 2.06 bits per heavy atom. The van der Waals surface area contributed by atoms with Crippen LogP contribution in [0.5, 0.6) is 0 Å². The summed E-state index contributed by atoms with van der Waals surface area (Å²) in [5.41, 5.74) is 0. The van der Waals surface area contributed by atoms with Gasteiger partial charge < -0.3 is 4.90 Å². The summed E-state index contributed by atoms with van der Waals surface area (Å²) in [6, 6.07) is 0. The van der Waals surface area contributed by atoms with Crippen LogP contribution in [0.25, 0.3) is 0 Å². The van der Waals surface area contributed by atoms with Crippen LogP contribution in [0.4, 0.5) is 0 Å². The number of rotatable bonds is 7. The van der Waals surface area contributed by atoms with E-state index in [0.717, 1.165) is 24.6 Å². The third kappa shape index (κ3) is 6.05. The predicted octanol–water partition coefficient (Wildman–Crippen LogP) is 3.08. The topological polar surface area (TPSA) is 20.3 Å². The highest BCUT2D eigenvalue weighted by molar-refractivity contribution is 7.99. The second-order valence-electron chi connectivity index (χ2n) is 4.79. The van der Waals surface area contributed by atoms with Gasteiger partial charge in [-0.3, -0.25) is 4.79 Å². The van der Waals surface area contributed by atoms with Crippen molar-refractivity contribution in [3.63, 3.8) is 0 Å². The van der Waals surface area contributed by atoms with Crippen molar-refractivity contribution in [1.82, 2.24) is 4.90 Å². The first-order valence-corrected chi connectivity index (χ1v) is 8.53. The Morgan fingerprint density at radius 1 is 1.35 bits per heavy atom. The van der Waals surface area contributed by atoms with Gasteiger partial charge in [-0.05, 0) is 43.1 Å². The molecule has 2 nitrogen and oxygen atoms in total. The molecule has 0 spiro atoms. The molecule has 0 aromatic rings. The number of piperidine rings is 1. The molecule has 1 atom stereocenters. The maximum Gasteiger partial charge on any atom is 0.232 e. The lowest BCUT2D eigenvalue weighted by Crippen LogP contribution is -2.36. The lowest BCUT2D eigenvalue weighted by atomic mass is 10.1. The summed E-state index contributed by atoms with van der Waals surface area (Å²) in [6.07, 6.45) is 6.10. The van der Waals surface area contributed by atoms with Gasteiger partial charge in [0.2, 0.25) is 5.91 Å². The molecule has 1 aliphatic rings. The lowest BCUT2D eigenvalue weighted by Gasteiger charge is -2.26. The summed E-state index contributed by atoms with van der Waals surface area (Å²) in [5, 5.41) is 0. The molecule has 1 heterocycles. The third-order valence-corrected chi connectivity index (χ3v) is 4.92. The Hall–Kier alpha value is 0.170. The molecule has 1 rings (SSSR count). The maximum atomic E-state index is 11.9. The standard InChI is InChI=1S/C13H25NOS2/c1-2-6-12(9-16)10-17-11-13(15)14-7-4-3-5-8-14/h12,16H,2-11H2,1H3. The smallest absolute Gasteiger partial charge is 0.232 e. The number of carbonyl (C=O) groups is 1. The minimum absolute atomic E-state index is 0.337. The van der Waals surface area contributed by atoms with E-state index in [1.807, 2.05) is 4.90 Å². The fourth-order valence-corrected chi connectivity index (χ4v) is 3.76. The van der Waals surface area contributed by atoms with Crippen LogP contribution in [0.3, 0.4) is 0 Å². The first kappa shape index (κ1) is 15.2. The largest absolute Gasteiger partial charge is 0.342 e. The molecular weight excluding hydrogens is 250 g/mol. The van der Waals surface area contributed by atoms with E-state index in [-0.39, 0.29) is 0 Å². The van der Waals surface area contributed by atoms with Crippen molar-refractivity contribution < 1.29 is 4.79 Å². The average molecular weight is 275 g/mol. The monoisotopic (exact) mass is 275 g/mol. The number of amides is 1. The van der Waals surface area contributed by atoms with Crippen molar-refractivity contribution in [2.75, 3.05) is 30.3 Å². The molecule has 1 unspecified atom stereocenters. The fraction of sp³-hybridized carbons (Fsp3) is 0.923. The van der Waals surface area contributed by atoms with E-state index in [1.54, 1.807) is 11.8 Å². The van der Waals surface area contributed by atoms with Gasteiger partial charge >= 0.3 is 0 Å². The van der Waals surface area contributed by atoms with Crippen LogP contribution in [0.2, 0.25) is 0 Å². The van der Waals surface area contributed by atoms with Gasteiger partial charge in [0.05, 0.1) is 5.75 Å². The molecule has 0 saturated carbocycles. The highest BCUT2D eigenvalue weighted by Crippen LogP contribution is 2.17. The number of likely N-dealkylation sites (tertiary alicyclic amines) is 1. The van der Waals surface area contributed by atoms with Gasteiger partial charge in [0.1, 0.15) is 0 Å². The number of carbonyl (C=O) groups excluding carboxylic acids is 1. The molecule has 1 amide bonds. The van der Waals surface area contributed by atoms with Gasteiger partial charge in [-0.1, -0.05) is 13.3 Å². The summed E-state index contributed by atoms with van der Waals surface area (Å²) in [5.74, 6) is 3.69. The van der Waals surface area contributed by atoms with Gasteiger partial charge in [-0.15, -0.1) is 0 Å². The first-order chi connectivity index (χ1) is 8.27. The van der Waals surface area contributed by atoms with E-state index >= 15 is 0 Å². The normalized spacial score (nSPS) is 18.1. The SMILES string of the molecule is CCCC(CS)CSCC(=O)N1CCCCC1. The molecule has 0 bridgehead atoms. The highest BCUT2D eigenvalue weighted by atomic mass is 32.2. The molecule has 1 aliphatic heterocycles. The molecule has 0 aromatic carbocycles. The number of hydrogen-bond acceptors (Lipinski definition) is 3. The van der Waals surface area contributed by atoms with Crippen LogP contribution in [-0.4, -0.2) is 41.2 Å². The van der Waals surface area contributed by atoms with E-state index in [9.17, 15) is 4.79 Å². The van der Waals surface area contributed by atoms with Crippen LogP contribution in [-0.2, 0) is 4.79 Å². The van der Waals surface area contributed by atoms with E-state index in [0.29, 0.717) is 17.6 Å². The van der Waals surface area contributed by atoms with Gasteiger partial charge in [0.15, 0.2) is 0 Å². The summed E-state index contributed by atoms with van der Waals surface area (Å²) >= 11 is 6.15. The number of nitrogens with zero attached hydrogens (tertiary/aromatic N) is 1. The Morgan fingerprint density at radius 3 is 2.65 bits per heavy atom. The molecule has 0 radical (unpaired) electrons. The predicted molar refractivity (Wildman–Crippen MR) is 80.0 cm³/mol. The number of thiol groups is 1. The van der Waals surface area contributed by atoms with Crippen molar-refractivity contribution in [2.24, 2.45) is 5.92 Å². The summed E-state index contributed by atoms with van der Waals surface area (Å²) in [4.78, 5) is 13.9. The maximum absolute atomic E-state index is 11.9. The minimum Gasteiger partial charge on any atom is -0.342 e. The summed E-state index contributed by atoms with van der Waals surface area (Å²) in [6.45, 7) is 4.16. The molecule has 1 saturated heterocycles. The van der Waals surface area contributed by atoms with E-state index in [4.69, 9.17) is 0 Å². The molecular formula is C13H25NOS2. The summed E-state index contributed by atoms with van der Waals surface area (Å²) < 4.78 is 0. The van der Waals surface area contributed by atoms with Crippen molar-refractivity contribution in [2.45, 2.75) is 39.0 Å². The first-order valence-electron chi connectivity index (χ1n) is 6.74. The van der Waals surface area contributed by atoms with Gasteiger partial charge in [0.25, 0.3) is 0 Å². The Kier molecular flexibility index (Phi) is 8.19. The van der Waals surface area contributed by atoms with Crippen LogP contribution in [0.15, 0.2) is 0 Å². The number of hydrogen-bond donors (Lipinski definition) is 1. The van der Waals surface area contributed by atoms with Crippen LogP contribution < -0.4 is 0 Å². The van der Waals surface area contributed by atoms with Crippen molar-refractivity contribution in [3.05, 3.63) is 0 Å². The van der Waals surface area contributed by atoms with Crippen LogP contribution >= 0.6 is 24.4 Å². The molecule has 0 N–H and O–H groups in total. The zero-order valence-electron chi connectivity index (χ0n) is 10.9. The van der Waals surface area contributed by atoms with Crippen LogP contribution in [0.1, 0.15) is 39.0 Å². The molecule has 0 aliphatic carbocycles. The molecule has 4 heteroatoms. The van der Waals surface area contributed by atoms with Gasteiger partial charge in [0, 0.05) is 13.1 Å². The Labute approximate surface area is 115 Å². The Balaban J connectivity index is 2.14. The lowest BCUT2D eigenvalue weighted by molar-refractivity contribution is -0.129. The molecule has 1 fully saturated rings. The fourth-order valence-electron chi connectivity index (χ4n) is 2.18. The van der Waals surface area contributed by atoms with Crippen molar-refractivity contribution >= 4 is 30.3 Å². The van der Waals surface area contributed by atoms with E-state index in [2.05, 4.69) is 19.6 Å². The van der Waals surface area contributed by atoms with Crippen LogP contribution in [0, 0.1) is 5.92 Å². The quantitative estimate of drug-likeness (QED) is 0.721. The highest BCUT2D eigenvalue weighted by Gasteiger charge is 2.16. The average Bonchev–Trinajstić information content (AvgIpc) is 2.38. The number of thioether (sulfide) groups is 1. The van der Waals surface area contributed by atoms with Crippen molar-refractivity contribution in [1.29, 1.82) is 0 Å². The minimum atomic E-state index is 0.337. The zero-order valence-corrected chi connectivity index (χ0v) is 12.6. The molecule has 17 heavy (non-hydrogen) atoms. The van der Waals surface area contributed by atoms with E-state index < -0.39 is 0 Å². The van der Waals surface area contributed by atoms with E-state index in [1.165, 1.54) is 32.1 Å². The molecule has 100 valence electrons. The van der Waals surface area contributed by atoms with Gasteiger partial charge in [-0.25, -0.2) is 0 Å². The molecule has 0 aromatic heterocycles. The van der Waals surface area contributed by atoms with Crippen molar-refractivity contribution in [3.8, 4) is 0 Å².